The SMILES string of the molecule is CC(C)=CCC/C(C)=C/CC/C(C)=C\C=C\P(=O)(O)O. The number of rotatable bonds is 8. The molecule has 0 aromatic rings. The van der Waals surface area contributed by atoms with E-state index in [0.29, 0.717) is 0 Å². The molecule has 0 unspecified atom stereocenters. The van der Waals surface area contributed by atoms with Crippen molar-refractivity contribution in [2.75, 3.05) is 0 Å². The lowest BCUT2D eigenvalue weighted by atomic mass is 10.1. The van der Waals surface area contributed by atoms with Gasteiger partial charge in [-0.15, -0.1) is 0 Å². The first-order chi connectivity index (χ1) is 9.20. The van der Waals surface area contributed by atoms with E-state index in [0.717, 1.165) is 37.1 Å². The molecule has 0 rings (SSSR count). The fourth-order valence-corrected chi connectivity index (χ4v) is 1.95. The fourth-order valence-electron chi connectivity index (χ4n) is 1.64. The molecule has 0 amide bonds. The summed E-state index contributed by atoms with van der Waals surface area (Å²) in [5, 5.41) is 0. The van der Waals surface area contributed by atoms with Crippen molar-refractivity contribution in [3.05, 3.63) is 46.8 Å². The zero-order chi connectivity index (χ0) is 15.6. The molecule has 0 aromatic heterocycles. The van der Waals surface area contributed by atoms with Gasteiger partial charge in [0.2, 0.25) is 0 Å². The van der Waals surface area contributed by atoms with Crippen LogP contribution in [0.25, 0.3) is 0 Å². The molecule has 20 heavy (non-hydrogen) atoms. The van der Waals surface area contributed by atoms with Crippen molar-refractivity contribution >= 4 is 7.60 Å². The first kappa shape index (κ1) is 19.1. The molecule has 0 aliphatic carbocycles. The van der Waals surface area contributed by atoms with Crippen LogP contribution in [0.1, 0.15) is 53.4 Å². The minimum Gasteiger partial charge on any atom is -0.321 e. The van der Waals surface area contributed by atoms with Crippen LogP contribution in [0.15, 0.2) is 46.8 Å². The van der Waals surface area contributed by atoms with Gasteiger partial charge in [0.05, 0.1) is 0 Å². The Morgan fingerprint density at radius 3 is 2.05 bits per heavy atom. The summed E-state index contributed by atoms with van der Waals surface area (Å²) in [4.78, 5) is 17.4. The van der Waals surface area contributed by atoms with E-state index in [1.54, 1.807) is 6.08 Å². The summed E-state index contributed by atoms with van der Waals surface area (Å²) in [6.45, 7) is 8.33. The molecule has 0 saturated heterocycles. The second kappa shape index (κ2) is 9.93. The van der Waals surface area contributed by atoms with Gasteiger partial charge in [0, 0.05) is 5.82 Å². The first-order valence-electron chi connectivity index (χ1n) is 6.90. The van der Waals surface area contributed by atoms with Crippen LogP contribution in [-0.4, -0.2) is 9.79 Å². The summed E-state index contributed by atoms with van der Waals surface area (Å²) >= 11 is 0. The Kier molecular flexibility index (Phi) is 9.49. The maximum atomic E-state index is 10.6. The highest BCUT2D eigenvalue weighted by molar-refractivity contribution is 7.55. The van der Waals surface area contributed by atoms with Crippen LogP contribution < -0.4 is 0 Å². The maximum Gasteiger partial charge on any atom is 0.349 e. The summed E-state index contributed by atoms with van der Waals surface area (Å²) in [7, 11) is -4.03. The molecule has 0 radical (unpaired) electrons. The monoisotopic (exact) mass is 298 g/mol. The smallest absolute Gasteiger partial charge is 0.321 e. The quantitative estimate of drug-likeness (QED) is 0.372. The van der Waals surface area contributed by atoms with E-state index in [9.17, 15) is 4.57 Å². The molecule has 0 aliphatic heterocycles. The summed E-state index contributed by atoms with van der Waals surface area (Å²) < 4.78 is 10.6. The van der Waals surface area contributed by atoms with E-state index in [4.69, 9.17) is 9.79 Å². The molecule has 0 heterocycles. The molecular formula is C16H27O3P. The van der Waals surface area contributed by atoms with Crippen molar-refractivity contribution in [3.8, 4) is 0 Å². The topological polar surface area (TPSA) is 57.5 Å². The molecule has 114 valence electrons. The van der Waals surface area contributed by atoms with Gasteiger partial charge in [-0.1, -0.05) is 41.0 Å². The second-order valence-corrected chi connectivity index (χ2v) is 6.83. The van der Waals surface area contributed by atoms with E-state index in [-0.39, 0.29) is 0 Å². The van der Waals surface area contributed by atoms with Crippen molar-refractivity contribution in [2.45, 2.75) is 53.4 Å². The first-order valence-corrected chi connectivity index (χ1v) is 8.58. The van der Waals surface area contributed by atoms with Crippen LogP contribution in [0.3, 0.4) is 0 Å². The van der Waals surface area contributed by atoms with Gasteiger partial charge in [-0.05, 0) is 53.4 Å². The Bertz CT molecular complexity index is 446. The van der Waals surface area contributed by atoms with Crippen LogP contribution in [0.5, 0.6) is 0 Å². The Labute approximate surface area is 123 Å². The highest BCUT2D eigenvalue weighted by Gasteiger charge is 2.03. The Morgan fingerprint density at radius 2 is 1.50 bits per heavy atom. The Morgan fingerprint density at radius 1 is 0.950 bits per heavy atom. The molecule has 0 saturated carbocycles. The predicted molar refractivity (Wildman–Crippen MR) is 86.6 cm³/mol. The molecule has 0 aromatic carbocycles. The Hall–Kier alpha value is -0.890. The van der Waals surface area contributed by atoms with Crippen molar-refractivity contribution < 1.29 is 14.4 Å². The van der Waals surface area contributed by atoms with Gasteiger partial charge in [-0.2, -0.15) is 0 Å². The number of allylic oxidation sites excluding steroid dienone is 7. The predicted octanol–water partition coefficient (Wildman–Crippen LogP) is 5.10. The molecular weight excluding hydrogens is 271 g/mol. The van der Waals surface area contributed by atoms with Crippen LogP contribution in [0.2, 0.25) is 0 Å². The minimum absolute atomic E-state index is 0.908. The normalized spacial score (nSPS) is 13.9. The van der Waals surface area contributed by atoms with Crippen LogP contribution >= 0.6 is 7.60 Å². The van der Waals surface area contributed by atoms with Crippen LogP contribution in [0.4, 0.5) is 0 Å². The molecule has 2 N–H and O–H groups in total. The Balaban J connectivity index is 4.09. The maximum absolute atomic E-state index is 10.6. The van der Waals surface area contributed by atoms with Gasteiger partial charge < -0.3 is 9.79 Å². The summed E-state index contributed by atoms with van der Waals surface area (Å²) in [6, 6.07) is 0. The van der Waals surface area contributed by atoms with Crippen molar-refractivity contribution in [2.24, 2.45) is 0 Å². The summed E-state index contributed by atoms with van der Waals surface area (Å²) in [5.41, 5.74) is 3.86. The number of hydrogen-bond donors (Lipinski definition) is 2. The lowest BCUT2D eigenvalue weighted by molar-refractivity contribution is 0.386. The van der Waals surface area contributed by atoms with Crippen LogP contribution in [-0.2, 0) is 4.57 Å². The molecule has 0 fully saturated rings. The van der Waals surface area contributed by atoms with E-state index in [1.807, 2.05) is 6.92 Å². The summed E-state index contributed by atoms with van der Waals surface area (Å²) in [6.07, 6.45) is 11.7. The van der Waals surface area contributed by atoms with E-state index in [1.165, 1.54) is 17.2 Å². The molecule has 0 spiro atoms. The van der Waals surface area contributed by atoms with Crippen molar-refractivity contribution in [1.82, 2.24) is 0 Å². The van der Waals surface area contributed by atoms with E-state index >= 15 is 0 Å². The van der Waals surface area contributed by atoms with Gasteiger partial charge in [-0.25, -0.2) is 0 Å². The van der Waals surface area contributed by atoms with Gasteiger partial charge in [0.1, 0.15) is 0 Å². The van der Waals surface area contributed by atoms with Crippen molar-refractivity contribution in [1.29, 1.82) is 0 Å². The molecule has 3 nitrogen and oxygen atoms in total. The summed E-state index contributed by atoms with van der Waals surface area (Å²) in [5.74, 6) is 0.928. The van der Waals surface area contributed by atoms with Crippen LogP contribution in [0, 0.1) is 0 Å². The van der Waals surface area contributed by atoms with Gasteiger partial charge >= 0.3 is 7.60 Å². The molecule has 0 atom stereocenters. The second-order valence-electron chi connectivity index (χ2n) is 5.35. The van der Waals surface area contributed by atoms with Gasteiger partial charge in [0.25, 0.3) is 0 Å². The molecule has 0 aliphatic rings. The lowest BCUT2D eigenvalue weighted by Gasteiger charge is -2.00. The standard InChI is InChI=1S/C16H27O3P/c1-14(2)8-5-9-15(3)10-6-11-16(4)12-7-13-20(17,18)19/h7-8,10,12-13H,5-6,9,11H2,1-4H3,(H2,17,18,19)/b13-7+,15-10+,16-12-. The average molecular weight is 298 g/mol. The third-order valence-corrected chi connectivity index (χ3v) is 3.34. The van der Waals surface area contributed by atoms with E-state index < -0.39 is 7.60 Å². The average Bonchev–Trinajstić information content (AvgIpc) is 2.26. The molecule has 4 heteroatoms. The number of hydrogen-bond acceptors (Lipinski definition) is 1. The van der Waals surface area contributed by atoms with E-state index in [2.05, 4.69) is 32.9 Å². The van der Waals surface area contributed by atoms with Crippen molar-refractivity contribution in [3.63, 3.8) is 0 Å². The fraction of sp³-hybridized carbons (Fsp3) is 0.500. The minimum atomic E-state index is -4.03. The van der Waals surface area contributed by atoms with Gasteiger partial charge in [-0.3, -0.25) is 4.57 Å². The zero-order valence-electron chi connectivity index (χ0n) is 13.0. The zero-order valence-corrected chi connectivity index (χ0v) is 13.9. The van der Waals surface area contributed by atoms with Gasteiger partial charge in [0.15, 0.2) is 0 Å². The highest BCUT2D eigenvalue weighted by Crippen LogP contribution is 2.35. The lowest BCUT2D eigenvalue weighted by Crippen LogP contribution is -1.80. The third-order valence-electron chi connectivity index (χ3n) is 2.78. The third kappa shape index (κ3) is 13.5. The largest absolute Gasteiger partial charge is 0.349 e. The molecule has 0 bridgehead atoms. The highest BCUT2D eigenvalue weighted by atomic mass is 31.2.